The van der Waals surface area contributed by atoms with Gasteiger partial charge in [0.05, 0.1) is 41.1 Å². The van der Waals surface area contributed by atoms with E-state index >= 15 is 0 Å². The molecule has 5 rings (SSSR count). The fourth-order valence-corrected chi connectivity index (χ4v) is 3.29. The van der Waals surface area contributed by atoms with Crippen molar-refractivity contribution >= 4 is 28.8 Å². The minimum Gasteiger partial charge on any atom is -0.320 e. The third kappa shape index (κ3) is 3.76. The number of fused-ring (bicyclic) bond motifs is 1. The van der Waals surface area contributed by atoms with E-state index in [9.17, 15) is 18.0 Å². The summed E-state index contributed by atoms with van der Waals surface area (Å²) in [6.07, 6.45) is 2.89. The van der Waals surface area contributed by atoms with Crippen LogP contribution in [0.25, 0.3) is 17.3 Å². The van der Waals surface area contributed by atoms with E-state index in [1.54, 1.807) is 0 Å². The molecule has 15 heteroatoms. The Balaban J connectivity index is 1.49. The molecule has 0 aromatic carbocycles. The molecule has 0 atom stereocenters. The first-order valence-corrected chi connectivity index (χ1v) is 9.48. The van der Waals surface area contributed by atoms with Crippen molar-refractivity contribution < 1.29 is 18.0 Å². The molecule has 1 N–H and O–H groups in total. The molecule has 11 nitrogen and oxygen atoms in total. The number of hydrogen-bond acceptors (Lipinski definition) is 7. The molecule has 0 saturated carbocycles. The number of hydrogen-bond donors (Lipinski definition) is 1. The van der Waals surface area contributed by atoms with Gasteiger partial charge in [0.15, 0.2) is 23.0 Å². The lowest BCUT2D eigenvalue weighted by atomic mass is 10.2. The number of aromatic nitrogens is 9. The molecule has 0 bridgehead atoms. The molecule has 1 amide bonds. The van der Waals surface area contributed by atoms with Gasteiger partial charge in [0.25, 0.3) is 5.91 Å². The molecule has 0 aliphatic carbocycles. The molecule has 166 valence electrons. The number of carbonyl (C=O) groups is 1. The van der Waals surface area contributed by atoms with Gasteiger partial charge in [-0.05, 0) is 18.2 Å². The summed E-state index contributed by atoms with van der Waals surface area (Å²) >= 11 is 6.15. The van der Waals surface area contributed by atoms with Gasteiger partial charge in [-0.3, -0.25) is 4.79 Å². The van der Waals surface area contributed by atoms with Crippen LogP contribution in [0.1, 0.15) is 16.1 Å². The van der Waals surface area contributed by atoms with Crippen LogP contribution in [0, 0.1) is 0 Å². The van der Waals surface area contributed by atoms with E-state index in [1.807, 2.05) is 0 Å². The average Bonchev–Trinajstić information content (AvgIpc) is 3.52. The largest absolute Gasteiger partial charge is 0.434 e. The van der Waals surface area contributed by atoms with Gasteiger partial charge in [0, 0.05) is 12.4 Å². The molecule has 0 radical (unpaired) electrons. The molecule has 5 aromatic heterocycles. The molecule has 0 spiro atoms. The lowest BCUT2D eigenvalue weighted by Crippen LogP contribution is -2.21. The van der Waals surface area contributed by atoms with Gasteiger partial charge in [0.1, 0.15) is 0 Å². The van der Waals surface area contributed by atoms with Crippen LogP contribution in [-0.4, -0.2) is 50.3 Å². The second-order valence-corrected chi connectivity index (χ2v) is 6.95. The van der Waals surface area contributed by atoms with Crippen LogP contribution in [0.4, 0.5) is 18.9 Å². The Morgan fingerprint density at radius 3 is 2.55 bits per heavy atom. The van der Waals surface area contributed by atoms with E-state index in [1.165, 1.54) is 53.7 Å². The molecule has 0 fully saturated rings. The predicted octanol–water partition coefficient (Wildman–Crippen LogP) is 2.82. The maximum absolute atomic E-state index is 13.9. The maximum Gasteiger partial charge on any atom is 0.434 e. The third-order valence-corrected chi connectivity index (χ3v) is 4.71. The number of carbonyl (C=O) groups excluding carboxylic acids is 1. The van der Waals surface area contributed by atoms with Gasteiger partial charge >= 0.3 is 6.18 Å². The minimum atomic E-state index is -4.90. The van der Waals surface area contributed by atoms with Crippen LogP contribution in [0.15, 0.2) is 55.4 Å². The molecule has 0 aliphatic rings. The molecule has 5 heterocycles. The lowest BCUT2D eigenvalue weighted by molar-refractivity contribution is -0.143. The topological polar surface area (TPSA) is 121 Å². The fraction of sp³-hybridized carbons (Fsp3) is 0.0556. The van der Waals surface area contributed by atoms with E-state index in [-0.39, 0.29) is 22.3 Å². The number of amides is 1. The Kier molecular flexibility index (Phi) is 4.78. The van der Waals surface area contributed by atoms with Gasteiger partial charge in [-0.15, -0.1) is 9.90 Å². The van der Waals surface area contributed by atoms with E-state index in [2.05, 4.69) is 35.7 Å². The highest BCUT2D eigenvalue weighted by Gasteiger charge is 2.41. The zero-order valence-corrected chi connectivity index (χ0v) is 16.9. The molecule has 5 aromatic rings. The second-order valence-electron chi connectivity index (χ2n) is 6.54. The van der Waals surface area contributed by atoms with Crippen molar-refractivity contribution in [2.24, 2.45) is 0 Å². The van der Waals surface area contributed by atoms with Crippen LogP contribution < -0.4 is 5.32 Å². The molecular formula is C18H10ClF3N10O. The van der Waals surface area contributed by atoms with Gasteiger partial charge in [0.2, 0.25) is 0 Å². The Bertz CT molecular complexity index is 1470. The summed E-state index contributed by atoms with van der Waals surface area (Å²) in [7, 11) is 0. The van der Waals surface area contributed by atoms with E-state index in [0.717, 1.165) is 11.0 Å². The molecular weight excluding hydrogens is 465 g/mol. The summed E-state index contributed by atoms with van der Waals surface area (Å²) in [6.45, 7) is 0. The lowest BCUT2D eigenvalue weighted by Gasteiger charge is -2.12. The minimum absolute atomic E-state index is 0.0692. The first kappa shape index (κ1) is 20.6. The number of alkyl halides is 3. The zero-order valence-electron chi connectivity index (χ0n) is 16.1. The highest BCUT2D eigenvalue weighted by atomic mass is 35.5. The smallest absolute Gasteiger partial charge is 0.320 e. The predicted molar refractivity (Wildman–Crippen MR) is 107 cm³/mol. The number of nitrogens with zero attached hydrogens (tertiary/aromatic N) is 9. The van der Waals surface area contributed by atoms with Gasteiger partial charge in [-0.2, -0.15) is 28.5 Å². The number of halogens is 4. The summed E-state index contributed by atoms with van der Waals surface area (Å²) in [5, 5.41) is 18.0. The first-order chi connectivity index (χ1) is 15.8. The Labute approximate surface area is 186 Å². The quantitative estimate of drug-likeness (QED) is 0.425. The van der Waals surface area contributed by atoms with Gasteiger partial charge in [-0.1, -0.05) is 11.6 Å². The first-order valence-electron chi connectivity index (χ1n) is 9.11. The molecule has 0 aliphatic heterocycles. The average molecular weight is 475 g/mol. The maximum atomic E-state index is 13.9. The third-order valence-electron chi connectivity index (χ3n) is 4.43. The second kappa shape index (κ2) is 7.67. The van der Waals surface area contributed by atoms with Crippen molar-refractivity contribution in [2.45, 2.75) is 6.18 Å². The van der Waals surface area contributed by atoms with Crippen molar-refractivity contribution in [1.29, 1.82) is 0 Å². The monoisotopic (exact) mass is 474 g/mol. The summed E-state index contributed by atoms with van der Waals surface area (Å²) in [5.74, 6) is -1.02. The highest BCUT2D eigenvalue weighted by molar-refractivity contribution is 6.32. The van der Waals surface area contributed by atoms with Crippen molar-refractivity contribution in [2.75, 3.05) is 5.32 Å². The standard InChI is InChI=1S/C18H10ClF3N10O/c19-12-7-10(8-24-16(12)32-25-3-4-26-32)28-17(33)11-9-27-31(15(11)18(20,21)22)14-2-1-13-23-5-6-30(13)29-14/h1-9H,(H,28,33). The Morgan fingerprint density at radius 1 is 1.03 bits per heavy atom. The number of pyridine rings is 1. The van der Waals surface area contributed by atoms with Crippen molar-refractivity contribution in [1.82, 2.24) is 44.4 Å². The van der Waals surface area contributed by atoms with E-state index in [0.29, 0.717) is 10.3 Å². The molecule has 33 heavy (non-hydrogen) atoms. The Morgan fingerprint density at radius 2 is 1.82 bits per heavy atom. The van der Waals surface area contributed by atoms with E-state index in [4.69, 9.17) is 11.6 Å². The van der Waals surface area contributed by atoms with Crippen LogP contribution in [0.2, 0.25) is 5.02 Å². The fourth-order valence-electron chi connectivity index (χ4n) is 3.05. The SMILES string of the molecule is O=C(Nc1cnc(-n2nccn2)c(Cl)c1)c1cnn(-c2ccc3nccn3n2)c1C(F)(F)F. The van der Waals surface area contributed by atoms with E-state index < -0.39 is 23.3 Å². The van der Waals surface area contributed by atoms with Crippen LogP contribution in [0.5, 0.6) is 0 Å². The van der Waals surface area contributed by atoms with Crippen LogP contribution >= 0.6 is 11.6 Å². The number of anilines is 1. The molecule has 0 unspecified atom stereocenters. The van der Waals surface area contributed by atoms with Crippen molar-refractivity contribution in [3.63, 3.8) is 0 Å². The van der Waals surface area contributed by atoms with Crippen LogP contribution in [0.3, 0.4) is 0 Å². The normalized spacial score (nSPS) is 11.8. The van der Waals surface area contributed by atoms with Crippen LogP contribution in [-0.2, 0) is 6.18 Å². The summed E-state index contributed by atoms with van der Waals surface area (Å²) in [4.78, 5) is 21.9. The Hall–Kier alpha value is -4.33. The molecule has 0 saturated heterocycles. The number of nitrogens with one attached hydrogen (secondary N) is 1. The van der Waals surface area contributed by atoms with Crippen molar-refractivity contribution in [3.8, 4) is 11.6 Å². The van der Waals surface area contributed by atoms with Gasteiger partial charge in [-0.25, -0.2) is 19.2 Å². The zero-order chi connectivity index (χ0) is 23.2. The number of rotatable bonds is 4. The highest BCUT2D eigenvalue weighted by Crippen LogP contribution is 2.34. The summed E-state index contributed by atoms with van der Waals surface area (Å²) < 4.78 is 43.6. The van der Waals surface area contributed by atoms with Crippen molar-refractivity contribution in [3.05, 3.63) is 71.7 Å². The number of imidazole rings is 1. The van der Waals surface area contributed by atoms with Gasteiger partial charge < -0.3 is 5.32 Å². The summed E-state index contributed by atoms with van der Waals surface area (Å²) in [5.41, 5.74) is -1.48. The summed E-state index contributed by atoms with van der Waals surface area (Å²) in [6, 6.07) is 4.11.